The fourth-order valence-electron chi connectivity index (χ4n) is 2.68. The first-order valence-corrected chi connectivity index (χ1v) is 6.29. The predicted octanol–water partition coefficient (Wildman–Crippen LogP) is 0.876. The lowest BCUT2D eigenvalue weighted by Gasteiger charge is -2.49. The van der Waals surface area contributed by atoms with E-state index in [1.54, 1.807) is 0 Å². The molecule has 92 valence electrons. The number of carboxylic acids is 1. The predicted molar refractivity (Wildman–Crippen MR) is 62.4 cm³/mol. The van der Waals surface area contributed by atoms with Crippen LogP contribution < -0.4 is 0 Å². The number of carboxylic acid groups (broad SMARTS) is 1. The molecule has 0 amide bonds. The quantitative estimate of drug-likeness (QED) is 0.775. The topological polar surface area (TPSA) is 43.8 Å². The highest BCUT2D eigenvalue weighted by Crippen LogP contribution is 2.24. The van der Waals surface area contributed by atoms with Crippen LogP contribution in [-0.4, -0.2) is 59.1 Å². The summed E-state index contributed by atoms with van der Waals surface area (Å²) >= 11 is 0. The Hall–Kier alpha value is -0.610. The van der Waals surface area contributed by atoms with Gasteiger partial charge in [0.05, 0.1) is 5.92 Å². The lowest BCUT2D eigenvalue weighted by Crippen LogP contribution is -2.62. The van der Waals surface area contributed by atoms with Gasteiger partial charge in [-0.15, -0.1) is 0 Å². The molecule has 2 aliphatic rings. The van der Waals surface area contributed by atoms with Crippen LogP contribution >= 0.6 is 0 Å². The van der Waals surface area contributed by atoms with Gasteiger partial charge in [0.2, 0.25) is 0 Å². The summed E-state index contributed by atoms with van der Waals surface area (Å²) < 4.78 is 0. The molecule has 4 nitrogen and oxygen atoms in total. The van der Waals surface area contributed by atoms with Gasteiger partial charge in [-0.25, -0.2) is 0 Å². The van der Waals surface area contributed by atoms with E-state index in [-0.39, 0.29) is 5.92 Å². The zero-order valence-electron chi connectivity index (χ0n) is 10.2. The molecule has 1 unspecified atom stereocenters. The number of likely N-dealkylation sites (tertiary alicyclic amines) is 2. The summed E-state index contributed by atoms with van der Waals surface area (Å²) in [5.74, 6) is -0.758. The van der Waals surface area contributed by atoms with E-state index < -0.39 is 5.97 Å². The maximum Gasteiger partial charge on any atom is 0.307 e. The highest BCUT2D eigenvalue weighted by molar-refractivity contribution is 5.70. The van der Waals surface area contributed by atoms with Crippen molar-refractivity contribution in [3.63, 3.8) is 0 Å². The van der Waals surface area contributed by atoms with Crippen molar-refractivity contribution in [2.75, 3.05) is 26.2 Å². The van der Waals surface area contributed by atoms with Crippen LogP contribution in [0.5, 0.6) is 0 Å². The lowest BCUT2D eigenvalue weighted by atomic mass is 9.94. The van der Waals surface area contributed by atoms with E-state index >= 15 is 0 Å². The zero-order chi connectivity index (χ0) is 11.7. The van der Waals surface area contributed by atoms with Crippen LogP contribution in [0.4, 0.5) is 0 Å². The number of nitrogens with zero attached hydrogens (tertiary/aromatic N) is 2. The largest absolute Gasteiger partial charge is 0.481 e. The minimum Gasteiger partial charge on any atom is -0.481 e. The summed E-state index contributed by atoms with van der Waals surface area (Å²) in [5.41, 5.74) is 0. The molecule has 4 heteroatoms. The third kappa shape index (κ3) is 2.38. The Kier molecular flexibility index (Phi) is 3.50. The van der Waals surface area contributed by atoms with Crippen LogP contribution in [-0.2, 0) is 4.79 Å². The van der Waals surface area contributed by atoms with E-state index in [9.17, 15) is 4.79 Å². The number of piperidine rings is 1. The van der Waals surface area contributed by atoms with Gasteiger partial charge < -0.3 is 5.11 Å². The molecule has 0 spiro atoms. The van der Waals surface area contributed by atoms with Crippen LogP contribution in [0.3, 0.4) is 0 Å². The Balaban J connectivity index is 1.81. The van der Waals surface area contributed by atoms with E-state index in [0.29, 0.717) is 12.1 Å². The van der Waals surface area contributed by atoms with Crippen molar-refractivity contribution >= 4 is 5.97 Å². The Bertz CT molecular complexity index is 262. The van der Waals surface area contributed by atoms with Gasteiger partial charge in [-0.3, -0.25) is 14.6 Å². The maximum absolute atomic E-state index is 11.0. The molecular weight excluding hydrogens is 204 g/mol. The van der Waals surface area contributed by atoms with Crippen molar-refractivity contribution in [2.45, 2.75) is 38.8 Å². The number of carbonyl (C=O) groups is 1. The molecule has 0 aromatic heterocycles. The Morgan fingerprint density at radius 2 is 2.00 bits per heavy atom. The Morgan fingerprint density at radius 1 is 1.31 bits per heavy atom. The van der Waals surface area contributed by atoms with E-state index in [2.05, 4.69) is 23.6 Å². The molecule has 2 rings (SSSR count). The summed E-state index contributed by atoms with van der Waals surface area (Å²) in [6, 6.07) is 1.22. The normalized spacial score (nSPS) is 29.3. The molecule has 0 saturated carbocycles. The summed E-state index contributed by atoms with van der Waals surface area (Å²) in [6.07, 6.45) is 1.89. The zero-order valence-corrected chi connectivity index (χ0v) is 10.2. The standard InChI is InChI=1S/C12H22N2O2/c1-9(2)14-7-11(8-14)13-5-3-4-10(6-13)12(15)16/h9-11H,3-8H2,1-2H3,(H,15,16). The average molecular weight is 226 g/mol. The maximum atomic E-state index is 11.0. The van der Waals surface area contributed by atoms with Gasteiger partial charge in [-0.05, 0) is 33.2 Å². The molecule has 0 bridgehead atoms. The number of hydrogen-bond donors (Lipinski definition) is 1. The number of aliphatic carboxylic acids is 1. The molecule has 0 aromatic rings. The molecule has 2 fully saturated rings. The summed E-state index contributed by atoms with van der Waals surface area (Å²) in [6.45, 7) is 8.50. The van der Waals surface area contributed by atoms with Gasteiger partial charge in [-0.1, -0.05) is 0 Å². The first-order valence-electron chi connectivity index (χ1n) is 6.29. The van der Waals surface area contributed by atoms with Crippen LogP contribution in [0.1, 0.15) is 26.7 Å². The van der Waals surface area contributed by atoms with Crippen molar-refractivity contribution < 1.29 is 9.90 Å². The molecule has 16 heavy (non-hydrogen) atoms. The highest BCUT2D eigenvalue weighted by atomic mass is 16.4. The second-order valence-corrected chi connectivity index (χ2v) is 5.37. The Morgan fingerprint density at radius 3 is 2.56 bits per heavy atom. The molecule has 2 saturated heterocycles. The molecule has 1 N–H and O–H groups in total. The molecule has 0 aliphatic carbocycles. The molecule has 2 heterocycles. The number of hydrogen-bond acceptors (Lipinski definition) is 3. The first-order chi connectivity index (χ1) is 7.58. The first kappa shape index (κ1) is 11.9. The molecule has 0 radical (unpaired) electrons. The molecular formula is C12H22N2O2. The second kappa shape index (κ2) is 4.72. The third-order valence-electron chi connectivity index (χ3n) is 3.94. The second-order valence-electron chi connectivity index (χ2n) is 5.37. The van der Waals surface area contributed by atoms with Crippen LogP contribution in [0.15, 0.2) is 0 Å². The van der Waals surface area contributed by atoms with Crippen molar-refractivity contribution in [3.05, 3.63) is 0 Å². The monoisotopic (exact) mass is 226 g/mol. The summed E-state index contributed by atoms with van der Waals surface area (Å²) in [4.78, 5) is 15.8. The van der Waals surface area contributed by atoms with Crippen LogP contribution in [0.2, 0.25) is 0 Å². The fraction of sp³-hybridized carbons (Fsp3) is 0.917. The molecule has 2 aliphatic heterocycles. The molecule has 0 aromatic carbocycles. The lowest BCUT2D eigenvalue weighted by molar-refractivity contribution is -0.144. The smallest absolute Gasteiger partial charge is 0.307 e. The summed E-state index contributed by atoms with van der Waals surface area (Å²) in [7, 11) is 0. The average Bonchev–Trinajstić information content (AvgIpc) is 2.15. The number of rotatable bonds is 3. The van der Waals surface area contributed by atoms with Gasteiger partial charge in [0.15, 0.2) is 0 Å². The Labute approximate surface area is 97.2 Å². The van der Waals surface area contributed by atoms with Gasteiger partial charge in [0.25, 0.3) is 0 Å². The van der Waals surface area contributed by atoms with Gasteiger partial charge in [0.1, 0.15) is 0 Å². The highest BCUT2D eigenvalue weighted by Gasteiger charge is 2.36. The van der Waals surface area contributed by atoms with Crippen molar-refractivity contribution in [2.24, 2.45) is 5.92 Å². The van der Waals surface area contributed by atoms with E-state index in [1.807, 2.05) is 0 Å². The summed E-state index contributed by atoms with van der Waals surface area (Å²) in [5, 5.41) is 9.03. The molecule has 1 atom stereocenters. The fourth-order valence-corrected chi connectivity index (χ4v) is 2.68. The minimum absolute atomic E-state index is 0.137. The SMILES string of the molecule is CC(C)N1CC(N2CCCC(C(=O)O)C2)C1. The van der Waals surface area contributed by atoms with Crippen LogP contribution in [0, 0.1) is 5.92 Å². The van der Waals surface area contributed by atoms with Crippen molar-refractivity contribution in [1.29, 1.82) is 0 Å². The third-order valence-corrected chi connectivity index (χ3v) is 3.94. The van der Waals surface area contributed by atoms with Gasteiger partial charge in [0, 0.05) is 31.7 Å². The van der Waals surface area contributed by atoms with Gasteiger partial charge >= 0.3 is 5.97 Å². The van der Waals surface area contributed by atoms with E-state index in [0.717, 1.165) is 39.0 Å². The van der Waals surface area contributed by atoms with Crippen molar-refractivity contribution in [1.82, 2.24) is 9.80 Å². The van der Waals surface area contributed by atoms with Crippen molar-refractivity contribution in [3.8, 4) is 0 Å². The van der Waals surface area contributed by atoms with E-state index in [4.69, 9.17) is 5.11 Å². The van der Waals surface area contributed by atoms with Crippen LogP contribution in [0.25, 0.3) is 0 Å². The van der Waals surface area contributed by atoms with E-state index in [1.165, 1.54) is 0 Å². The van der Waals surface area contributed by atoms with Gasteiger partial charge in [-0.2, -0.15) is 0 Å². The minimum atomic E-state index is -0.621.